The lowest BCUT2D eigenvalue weighted by molar-refractivity contribution is 0.591. The fraction of sp³-hybridized carbons (Fsp3) is 0.400. The highest BCUT2D eigenvalue weighted by atomic mass is 14.1. The third-order valence-corrected chi connectivity index (χ3v) is 1.36. The van der Waals surface area contributed by atoms with Crippen LogP contribution in [0.15, 0.2) is 6.07 Å². The Bertz CT molecular complexity index is 191. The maximum absolute atomic E-state index is 3.00. The quantitative estimate of drug-likeness (QED) is 0.505. The van der Waals surface area contributed by atoms with E-state index in [0.29, 0.717) is 0 Å². The van der Waals surface area contributed by atoms with Gasteiger partial charge in [0.1, 0.15) is 0 Å². The van der Waals surface area contributed by atoms with E-state index in [2.05, 4.69) is 45.0 Å². The molecule has 0 radical (unpaired) electrons. The topological polar surface area (TPSA) is 0 Å². The first-order valence-electron chi connectivity index (χ1n) is 3.33. The van der Waals surface area contributed by atoms with Gasteiger partial charge in [-0.3, -0.25) is 0 Å². The largest absolute Gasteiger partial charge is 0.0598 e. The number of rotatable bonds is 0. The third-order valence-electron chi connectivity index (χ3n) is 1.36. The molecular weight excluding hydrogens is 120 g/mol. The van der Waals surface area contributed by atoms with E-state index in [-0.39, 0.29) is 5.41 Å². The van der Waals surface area contributed by atoms with Gasteiger partial charge in [-0.2, -0.15) is 0 Å². The Hall–Kier alpha value is -1.14. The molecule has 50 valence electrons. The van der Waals surface area contributed by atoms with Gasteiger partial charge in [-0.25, -0.2) is 0 Å². The maximum atomic E-state index is 3.00. The van der Waals surface area contributed by atoms with Gasteiger partial charge in [-0.15, -0.1) is 0 Å². The summed E-state index contributed by atoms with van der Waals surface area (Å²) in [5.41, 5.74) is 1.29. The normalized spacial score (nSPS) is 9.90. The second-order valence-corrected chi connectivity index (χ2v) is 3.33. The van der Waals surface area contributed by atoms with Crippen LogP contribution in [0, 0.1) is 24.3 Å². The van der Waals surface area contributed by atoms with Crippen LogP contribution in [-0.2, 0) is 5.41 Å². The molecule has 0 amide bonds. The molecule has 0 heterocycles. The van der Waals surface area contributed by atoms with Crippen molar-refractivity contribution in [2.75, 3.05) is 0 Å². The highest BCUT2D eigenvalue weighted by molar-refractivity contribution is 5.13. The molecule has 0 aliphatic heterocycles. The van der Waals surface area contributed by atoms with Gasteiger partial charge in [0.25, 0.3) is 0 Å². The van der Waals surface area contributed by atoms with Crippen molar-refractivity contribution in [1.29, 1.82) is 0 Å². The first-order valence-corrected chi connectivity index (χ1v) is 3.33. The van der Waals surface area contributed by atoms with Crippen LogP contribution in [0.2, 0.25) is 0 Å². The zero-order chi connectivity index (χ0) is 7.61. The highest BCUT2D eigenvalue weighted by Gasteiger charge is 2.11. The van der Waals surface area contributed by atoms with Crippen LogP contribution in [0.5, 0.6) is 0 Å². The predicted molar refractivity (Wildman–Crippen MR) is 40.5 cm³/mol. The van der Waals surface area contributed by atoms with Gasteiger partial charge in [-0.05, 0) is 17.5 Å². The van der Waals surface area contributed by atoms with Crippen LogP contribution in [0.25, 0.3) is 0 Å². The minimum Gasteiger partial charge on any atom is -0.0598 e. The second-order valence-electron chi connectivity index (χ2n) is 3.33. The van der Waals surface area contributed by atoms with Gasteiger partial charge in [0.15, 0.2) is 0 Å². The Morgan fingerprint density at radius 2 is 1.90 bits per heavy atom. The molecule has 0 atom stereocenters. The molecule has 0 saturated carbocycles. The van der Waals surface area contributed by atoms with Crippen LogP contribution in [0.3, 0.4) is 0 Å². The Morgan fingerprint density at radius 1 is 1.20 bits per heavy atom. The highest BCUT2D eigenvalue weighted by Crippen LogP contribution is 2.18. The minimum atomic E-state index is 0.155. The summed E-state index contributed by atoms with van der Waals surface area (Å²) >= 11 is 0. The first kappa shape index (κ1) is 6.97. The van der Waals surface area contributed by atoms with E-state index in [1.165, 1.54) is 0 Å². The van der Waals surface area contributed by atoms with Gasteiger partial charge in [0, 0.05) is 11.6 Å². The van der Waals surface area contributed by atoms with Crippen molar-refractivity contribution in [2.45, 2.75) is 26.2 Å². The smallest absolute Gasteiger partial charge is 0.0168 e. The first-order chi connectivity index (χ1) is 4.61. The molecular formula is C10H10. The van der Waals surface area contributed by atoms with Crippen LogP contribution in [0.4, 0.5) is 0 Å². The summed E-state index contributed by atoms with van der Waals surface area (Å²) in [6.07, 6.45) is 0. The zero-order valence-corrected chi connectivity index (χ0v) is 6.58. The molecule has 0 heteroatoms. The SMILES string of the molecule is CC(C)(C)c1c#cc#cc1. The summed E-state index contributed by atoms with van der Waals surface area (Å²) < 4.78 is 0. The molecule has 0 N–H and O–H groups in total. The Kier molecular flexibility index (Phi) is 1.56. The number of hydrogen-bond donors (Lipinski definition) is 0. The van der Waals surface area contributed by atoms with Crippen LogP contribution >= 0.6 is 0 Å². The Labute approximate surface area is 62.9 Å². The maximum Gasteiger partial charge on any atom is 0.0168 e. The molecule has 0 spiro atoms. The zero-order valence-electron chi connectivity index (χ0n) is 6.58. The molecule has 0 bridgehead atoms. The van der Waals surface area contributed by atoms with Crippen molar-refractivity contribution in [1.82, 2.24) is 0 Å². The van der Waals surface area contributed by atoms with Crippen molar-refractivity contribution < 1.29 is 0 Å². The lowest BCUT2D eigenvalue weighted by Crippen LogP contribution is -2.09. The third kappa shape index (κ3) is 1.42. The van der Waals surface area contributed by atoms with E-state index in [0.717, 1.165) is 5.56 Å². The summed E-state index contributed by atoms with van der Waals surface area (Å²) in [5.74, 6) is 0. The summed E-state index contributed by atoms with van der Waals surface area (Å²) in [6.45, 7) is 6.42. The molecule has 1 aromatic rings. The average molecular weight is 130 g/mol. The van der Waals surface area contributed by atoms with Crippen LogP contribution in [0.1, 0.15) is 26.3 Å². The van der Waals surface area contributed by atoms with Gasteiger partial charge in [-0.1, -0.05) is 32.9 Å². The molecule has 0 unspecified atom stereocenters. The average Bonchev–Trinajstić information content (AvgIpc) is 1.88. The van der Waals surface area contributed by atoms with Gasteiger partial charge < -0.3 is 0 Å². The Balaban J connectivity index is 2.97. The molecule has 1 aromatic carbocycles. The van der Waals surface area contributed by atoms with Crippen LogP contribution in [-0.4, -0.2) is 0 Å². The van der Waals surface area contributed by atoms with E-state index in [9.17, 15) is 0 Å². The molecule has 1 rings (SSSR count). The summed E-state index contributed by atoms with van der Waals surface area (Å²) in [7, 11) is 0. The standard InChI is InChI=1S/C10H10/c1-10(2,3)9-7-5-4-6-8-9/h7H,1-3H3. The summed E-state index contributed by atoms with van der Waals surface area (Å²) in [6, 6.07) is 13.2. The molecule has 0 fully saturated rings. The minimum absolute atomic E-state index is 0.155. The molecule has 0 nitrogen and oxygen atoms in total. The molecule has 0 saturated heterocycles. The number of hydrogen-bond acceptors (Lipinski definition) is 0. The van der Waals surface area contributed by atoms with Gasteiger partial charge in [0.2, 0.25) is 0 Å². The predicted octanol–water partition coefficient (Wildman–Crippen LogP) is 2.18. The van der Waals surface area contributed by atoms with Crippen molar-refractivity contribution in [3.63, 3.8) is 0 Å². The lowest BCUT2D eigenvalue weighted by Gasteiger charge is -2.14. The van der Waals surface area contributed by atoms with Crippen molar-refractivity contribution in [3.05, 3.63) is 35.9 Å². The summed E-state index contributed by atoms with van der Waals surface area (Å²) in [4.78, 5) is 0. The van der Waals surface area contributed by atoms with E-state index in [4.69, 9.17) is 0 Å². The monoisotopic (exact) mass is 130 g/mol. The van der Waals surface area contributed by atoms with E-state index >= 15 is 0 Å². The fourth-order valence-corrected chi connectivity index (χ4v) is 0.683. The lowest BCUT2D eigenvalue weighted by atomic mass is 9.89. The second kappa shape index (κ2) is 2.24. The van der Waals surface area contributed by atoms with Crippen molar-refractivity contribution >= 4 is 0 Å². The molecule has 0 aliphatic carbocycles. The summed E-state index contributed by atoms with van der Waals surface area (Å²) in [5, 5.41) is 0. The Morgan fingerprint density at radius 3 is 2.20 bits per heavy atom. The fourth-order valence-electron chi connectivity index (χ4n) is 0.683. The molecule has 10 heavy (non-hydrogen) atoms. The van der Waals surface area contributed by atoms with E-state index in [1.807, 2.05) is 6.07 Å². The van der Waals surface area contributed by atoms with E-state index in [1.54, 1.807) is 0 Å². The van der Waals surface area contributed by atoms with Crippen molar-refractivity contribution in [3.8, 4) is 0 Å². The van der Waals surface area contributed by atoms with Crippen molar-refractivity contribution in [2.24, 2.45) is 0 Å². The van der Waals surface area contributed by atoms with Gasteiger partial charge >= 0.3 is 0 Å². The van der Waals surface area contributed by atoms with Gasteiger partial charge in [0.05, 0.1) is 0 Å². The van der Waals surface area contributed by atoms with Crippen LogP contribution < -0.4 is 0 Å². The molecule has 0 aromatic heterocycles. The van der Waals surface area contributed by atoms with E-state index < -0.39 is 0 Å². The molecule has 0 aliphatic rings.